The topological polar surface area (TPSA) is 75.6 Å². The Morgan fingerprint density at radius 2 is 1.83 bits per heavy atom. The Balaban J connectivity index is 2.58. The minimum Gasteiger partial charge on any atom is -0.481 e. The van der Waals surface area contributed by atoms with Crippen molar-refractivity contribution in [2.75, 3.05) is 6.54 Å². The zero-order valence-corrected chi connectivity index (χ0v) is 12.7. The number of rotatable bonds is 7. The highest BCUT2D eigenvalue weighted by Gasteiger charge is 2.32. The van der Waals surface area contributed by atoms with E-state index in [4.69, 9.17) is 5.11 Å². The Kier molecular flexibility index (Phi) is 6.00. The third kappa shape index (κ3) is 6.58. The Bertz CT molecular complexity index is 570. The van der Waals surface area contributed by atoms with Gasteiger partial charge in [-0.25, -0.2) is 0 Å². The number of aryl methyl sites for hydroxylation is 1. The van der Waals surface area contributed by atoms with Gasteiger partial charge in [0.15, 0.2) is 0 Å². The molecule has 0 spiro atoms. The number of hydrogen-bond acceptors (Lipinski definition) is 3. The van der Waals surface area contributed by atoms with Crippen LogP contribution in [0.25, 0.3) is 0 Å². The molecule has 0 saturated carbocycles. The molecular weight excluding hydrogens is 315 g/mol. The zero-order valence-electron chi connectivity index (χ0n) is 12.7. The van der Waals surface area contributed by atoms with Crippen molar-refractivity contribution in [2.45, 2.75) is 33.1 Å². The van der Waals surface area contributed by atoms with Crippen LogP contribution in [0.5, 0.6) is 5.75 Å². The molecule has 1 aromatic rings. The molecular formula is C15H18F3NO4. The van der Waals surface area contributed by atoms with Crippen LogP contribution in [0.3, 0.4) is 0 Å². The number of halogens is 3. The first-order valence-corrected chi connectivity index (χ1v) is 6.85. The number of benzene rings is 1. The lowest BCUT2D eigenvalue weighted by molar-refractivity contribution is -0.274. The van der Waals surface area contributed by atoms with Crippen LogP contribution < -0.4 is 10.1 Å². The van der Waals surface area contributed by atoms with E-state index in [0.29, 0.717) is 0 Å². The second-order valence-electron chi connectivity index (χ2n) is 5.62. The van der Waals surface area contributed by atoms with Gasteiger partial charge in [0.2, 0.25) is 5.91 Å². The van der Waals surface area contributed by atoms with Crippen LogP contribution in [0.15, 0.2) is 24.3 Å². The van der Waals surface area contributed by atoms with Crippen molar-refractivity contribution in [3.05, 3.63) is 29.8 Å². The minimum absolute atomic E-state index is 0.0472. The summed E-state index contributed by atoms with van der Waals surface area (Å²) in [7, 11) is 0. The van der Waals surface area contributed by atoms with Crippen molar-refractivity contribution in [3.8, 4) is 5.75 Å². The van der Waals surface area contributed by atoms with Gasteiger partial charge in [-0.1, -0.05) is 18.2 Å². The van der Waals surface area contributed by atoms with E-state index in [1.165, 1.54) is 32.0 Å². The summed E-state index contributed by atoms with van der Waals surface area (Å²) >= 11 is 0. The molecule has 0 aliphatic carbocycles. The summed E-state index contributed by atoms with van der Waals surface area (Å²) in [5, 5.41) is 11.4. The molecule has 0 aliphatic heterocycles. The first-order valence-electron chi connectivity index (χ1n) is 6.85. The van der Waals surface area contributed by atoms with Crippen LogP contribution in [-0.4, -0.2) is 29.9 Å². The lowest BCUT2D eigenvalue weighted by Crippen LogP contribution is -2.38. The molecule has 1 aromatic carbocycles. The molecule has 0 aliphatic rings. The molecule has 1 amide bonds. The zero-order chi connectivity index (χ0) is 17.7. The first kappa shape index (κ1) is 18.8. The molecule has 0 saturated heterocycles. The number of alkyl halides is 3. The molecule has 128 valence electrons. The molecule has 5 nitrogen and oxygen atoms in total. The molecule has 0 radical (unpaired) electrons. The van der Waals surface area contributed by atoms with E-state index in [1.807, 2.05) is 0 Å². The second-order valence-corrected chi connectivity index (χ2v) is 5.62. The van der Waals surface area contributed by atoms with Crippen molar-refractivity contribution < 1.29 is 32.6 Å². The molecule has 0 atom stereocenters. The van der Waals surface area contributed by atoms with E-state index in [-0.39, 0.29) is 30.7 Å². The van der Waals surface area contributed by atoms with Gasteiger partial charge in [-0.3, -0.25) is 9.59 Å². The summed E-state index contributed by atoms with van der Waals surface area (Å²) < 4.78 is 40.8. The molecule has 2 N–H and O–H groups in total. The largest absolute Gasteiger partial charge is 0.573 e. The van der Waals surface area contributed by atoms with Crippen LogP contribution >= 0.6 is 0 Å². The number of carbonyl (C=O) groups excluding carboxylic acids is 1. The molecule has 0 aromatic heterocycles. The number of amides is 1. The highest BCUT2D eigenvalue weighted by atomic mass is 19.4. The van der Waals surface area contributed by atoms with Gasteiger partial charge in [-0.2, -0.15) is 0 Å². The van der Waals surface area contributed by atoms with Gasteiger partial charge in [-0.05, 0) is 31.9 Å². The SMILES string of the molecule is CC(C)(CNC(=O)CCc1ccccc1OC(F)(F)F)C(=O)O. The number of hydrogen-bond donors (Lipinski definition) is 2. The third-order valence-electron chi connectivity index (χ3n) is 3.13. The quantitative estimate of drug-likeness (QED) is 0.804. The number of nitrogens with one attached hydrogen (secondary N) is 1. The molecule has 0 unspecified atom stereocenters. The fraction of sp³-hybridized carbons (Fsp3) is 0.467. The Hall–Kier alpha value is -2.25. The number of carboxylic acids is 1. The third-order valence-corrected chi connectivity index (χ3v) is 3.13. The van der Waals surface area contributed by atoms with Gasteiger partial charge in [0.05, 0.1) is 5.41 Å². The van der Waals surface area contributed by atoms with Crippen molar-refractivity contribution in [3.63, 3.8) is 0 Å². The fourth-order valence-corrected chi connectivity index (χ4v) is 1.67. The lowest BCUT2D eigenvalue weighted by atomic mass is 9.94. The van der Waals surface area contributed by atoms with Crippen LogP contribution in [0.4, 0.5) is 13.2 Å². The number of carbonyl (C=O) groups is 2. The summed E-state index contributed by atoms with van der Waals surface area (Å²) in [5.41, 5.74) is -0.870. The van der Waals surface area contributed by atoms with E-state index < -0.39 is 23.7 Å². The molecule has 0 fully saturated rings. The molecule has 0 heterocycles. The molecule has 1 rings (SSSR count). The molecule has 23 heavy (non-hydrogen) atoms. The smallest absolute Gasteiger partial charge is 0.481 e. The maximum Gasteiger partial charge on any atom is 0.573 e. The van der Waals surface area contributed by atoms with E-state index in [9.17, 15) is 22.8 Å². The monoisotopic (exact) mass is 333 g/mol. The average molecular weight is 333 g/mol. The first-order chi connectivity index (χ1) is 10.5. The predicted octanol–water partition coefficient (Wildman–Crippen LogP) is 2.74. The maximum absolute atomic E-state index is 12.3. The van der Waals surface area contributed by atoms with Crippen LogP contribution in [0.2, 0.25) is 0 Å². The highest BCUT2D eigenvalue weighted by molar-refractivity contribution is 5.78. The summed E-state index contributed by atoms with van der Waals surface area (Å²) in [6.07, 6.45) is -4.83. The van der Waals surface area contributed by atoms with Crippen LogP contribution in [0, 0.1) is 5.41 Å². The van der Waals surface area contributed by atoms with Gasteiger partial charge in [-0.15, -0.1) is 13.2 Å². The highest BCUT2D eigenvalue weighted by Crippen LogP contribution is 2.27. The van der Waals surface area contributed by atoms with E-state index in [2.05, 4.69) is 10.1 Å². The molecule has 8 heteroatoms. The van der Waals surface area contributed by atoms with E-state index >= 15 is 0 Å². The Morgan fingerprint density at radius 1 is 1.22 bits per heavy atom. The van der Waals surface area contributed by atoms with Crippen molar-refractivity contribution >= 4 is 11.9 Å². The second kappa shape index (κ2) is 7.34. The van der Waals surface area contributed by atoms with Crippen LogP contribution in [-0.2, 0) is 16.0 Å². The predicted molar refractivity (Wildman–Crippen MR) is 75.9 cm³/mol. The lowest BCUT2D eigenvalue weighted by Gasteiger charge is -2.19. The van der Waals surface area contributed by atoms with Gasteiger partial charge < -0.3 is 15.2 Å². The average Bonchev–Trinajstić information content (AvgIpc) is 2.42. The van der Waals surface area contributed by atoms with Gasteiger partial charge in [0.25, 0.3) is 0 Å². The summed E-state index contributed by atoms with van der Waals surface area (Å²) in [4.78, 5) is 22.6. The van der Waals surface area contributed by atoms with Crippen molar-refractivity contribution in [1.29, 1.82) is 0 Å². The van der Waals surface area contributed by atoms with Crippen molar-refractivity contribution in [2.24, 2.45) is 5.41 Å². The number of para-hydroxylation sites is 1. The summed E-state index contributed by atoms with van der Waals surface area (Å²) in [6.45, 7) is 2.85. The van der Waals surface area contributed by atoms with Crippen LogP contribution in [0.1, 0.15) is 25.8 Å². The Labute approximate surface area is 131 Å². The van der Waals surface area contributed by atoms with E-state index in [1.54, 1.807) is 6.07 Å². The minimum atomic E-state index is -4.80. The fourth-order valence-electron chi connectivity index (χ4n) is 1.67. The number of ether oxygens (including phenoxy) is 1. The maximum atomic E-state index is 12.3. The number of aliphatic carboxylic acids is 1. The van der Waals surface area contributed by atoms with Gasteiger partial charge in [0.1, 0.15) is 5.75 Å². The summed E-state index contributed by atoms with van der Waals surface area (Å²) in [6, 6.07) is 5.56. The summed E-state index contributed by atoms with van der Waals surface area (Å²) in [5.74, 6) is -1.85. The van der Waals surface area contributed by atoms with Gasteiger partial charge >= 0.3 is 12.3 Å². The normalized spacial score (nSPS) is 11.9. The molecule has 0 bridgehead atoms. The van der Waals surface area contributed by atoms with E-state index in [0.717, 1.165) is 0 Å². The van der Waals surface area contributed by atoms with Crippen molar-refractivity contribution in [1.82, 2.24) is 5.32 Å². The Morgan fingerprint density at radius 3 is 2.39 bits per heavy atom. The van der Waals surface area contributed by atoms with Gasteiger partial charge in [0, 0.05) is 13.0 Å². The standard InChI is InChI=1S/C15H18F3NO4/c1-14(2,13(21)22)9-19-12(20)8-7-10-5-3-4-6-11(10)23-15(16,17)18/h3-6H,7-9H2,1-2H3,(H,19,20)(H,21,22). The number of carboxylic acid groups (broad SMARTS) is 1.